The van der Waals surface area contributed by atoms with E-state index in [4.69, 9.17) is 9.84 Å². The highest BCUT2D eigenvalue weighted by Crippen LogP contribution is 2.20. The molecule has 0 amide bonds. The lowest BCUT2D eigenvalue weighted by molar-refractivity contribution is 0.198. The minimum atomic E-state index is -0.562. The van der Waals surface area contributed by atoms with Gasteiger partial charge in [0.05, 0.1) is 12.7 Å². The maximum Gasteiger partial charge on any atom is 0.119 e. The van der Waals surface area contributed by atoms with E-state index in [9.17, 15) is 5.11 Å². The van der Waals surface area contributed by atoms with Crippen LogP contribution < -0.4 is 4.74 Å². The molecule has 0 fully saturated rings. The van der Waals surface area contributed by atoms with Crippen molar-refractivity contribution in [1.29, 1.82) is 0 Å². The van der Waals surface area contributed by atoms with Crippen LogP contribution in [-0.2, 0) is 0 Å². The number of aliphatic hydroxyl groups is 2. The molecule has 1 unspecified atom stereocenters. The second-order valence-corrected chi connectivity index (χ2v) is 2.92. The van der Waals surface area contributed by atoms with Crippen LogP contribution in [0.4, 0.5) is 0 Å². The lowest BCUT2D eigenvalue weighted by atomic mass is 10.1. The van der Waals surface area contributed by atoms with Crippen molar-refractivity contribution >= 4 is 0 Å². The summed E-state index contributed by atoms with van der Waals surface area (Å²) in [7, 11) is 0. The fourth-order valence-corrected chi connectivity index (χ4v) is 1.14. The summed E-state index contributed by atoms with van der Waals surface area (Å²) in [6, 6.07) is 7.20. The van der Waals surface area contributed by atoms with Crippen molar-refractivity contribution in [3.63, 3.8) is 0 Å². The molecular formula is C11H15O3. The number of benzene rings is 1. The minimum absolute atomic E-state index is 0.00726. The average molecular weight is 195 g/mol. The van der Waals surface area contributed by atoms with Crippen LogP contribution in [0.2, 0.25) is 0 Å². The van der Waals surface area contributed by atoms with E-state index in [1.165, 1.54) is 0 Å². The van der Waals surface area contributed by atoms with Crippen molar-refractivity contribution in [1.82, 2.24) is 0 Å². The summed E-state index contributed by atoms with van der Waals surface area (Å²) in [5.74, 6) is 0.664. The van der Waals surface area contributed by atoms with Gasteiger partial charge in [-0.25, -0.2) is 0 Å². The Morgan fingerprint density at radius 1 is 1.50 bits per heavy atom. The van der Waals surface area contributed by atoms with Gasteiger partial charge in [0, 0.05) is 0 Å². The Morgan fingerprint density at radius 2 is 2.29 bits per heavy atom. The van der Waals surface area contributed by atoms with E-state index in [0.717, 1.165) is 5.56 Å². The molecule has 1 atom stereocenters. The van der Waals surface area contributed by atoms with E-state index in [-0.39, 0.29) is 13.2 Å². The summed E-state index contributed by atoms with van der Waals surface area (Å²) in [5.41, 5.74) is 0.794. The van der Waals surface area contributed by atoms with Crippen molar-refractivity contribution < 1.29 is 14.9 Å². The van der Waals surface area contributed by atoms with Crippen molar-refractivity contribution in [2.24, 2.45) is 0 Å². The number of aliphatic hydroxyl groups excluding tert-OH is 2. The zero-order valence-electron chi connectivity index (χ0n) is 8.18. The van der Waals surface area contributed by atoms with Gasteiger partial charge in [0.25, 0.3) is 0 Å². The Kier molecular flexibility index (Phi) is 4.43. The molecule has 0 aliphatic carbocycles. The molecule has 2 N–H and O–H groups in total. The molecule has 3 nitrogen and oxygen atoms in total. The van der Waals surface area contributed by atoms with Gasteiger partial charge in [0.15, 0.2) is 0 Å². The van der Waals surface area contributed by atoms with Crippen LogP contribution in [0.5, 0.6) is 5.75 Å². The van der Waals surface area contributed by atoms with Gasteiger partial charge in [-0.05, 0) is 24.1 Å². The first-order chi connectivity index (χ1) is 6.77. The highest BCUT2D eigenvalue weighted by Gasteiger charge is 2.05. The van der Waals surface area contributed by atoms with Gasteiger partial charge in [-0.3, -0.25) is 0 Å². The van der Waals surface area contributed by atoms with Gasteiger partial charge in [-0.15, -0.1) is 0 Å². The van der Waals surface area contributed by atoms with E-state index in [0.29, 0.717) is 5.75 Å². The quantitative estimate of drug-likeness (QED) is 0.745. The molecule has 0 aromatic heterocycles. The zero-order valence-corrected chi connectivity index (χ0v) is 8.18. The molecule has 3 heteroatoms. The molecular weight excluding hydrogens is 180 g/mol. The van der Waals surface area contributed by atoms with E-state index in [1.807, 2.05) is 12.1 Å². The predicted octanol–water partition coefficient (Wildman–Crippen LogP) is 1.32. The number of ether oxygens (including phenoxy) is 1. The number of hydrogen-bond acceptors (Lipinski definition) is 3. The summed E-state index contributed by atoms with van der Waals surface area (Å²) >= 11 is 0. The van der Waals surface area contributed by atoms with Gasteiger partial charge in [-0.1, -0.05) is 19.1 Å². The fourth-order valence-electron chi connectivity index (χ4n) is 1.14. The van der Waals surface area contributed by atoms with E-state index >= 15 is 0 Å². The maximum atomic E-state index is 9.52. The monoisotopic (exact) mass is 195 g/mol. The molecule has 1 rings (SSSR count). The highest BCUT2D eigenvalue weighted by atomic mass is 16.5. The number of hydrogen-bond donors (Lipinski definition) is 2. The molecule has 1 radical (unpaired) electrons. The molecule has 1 aromatic carbocycles. The molecule has 0 saturated carbocycles. The SMILES string of the molecule is C[CH]C(O)c1cccc(OCCO)c1. The topological polar surface area (TPSA) is 49.7 Å². The molecule has 0 aliphatic rings. The van der Waals surface area contributed by atoms with Crippen molar-refractivity contribution in [3.05, 3.63) is 36.2 Å². The van der Waals surface area contributed by atoms with Crippen LogP contribution >= 0.6 is 0 Å². The third kappa shape index (κ3) is 3.01. The Hall–Kier alpha value is -1.06. The third-order valence-corrected chi connectivity index (χ3v) is 1.88. The second-order valence-electron chi connectivity index (χ2n) is 2.92. The molecule has 0 spiro atoms. The van der Waals surface area contributed by atoms with Gasteiger partial charge in [0.1, 0.15) is 12.4 Å². The first-order valence-corrected chi connectivity index (χ1v) is 4.59. The third-order valence-electron chi connectivity index (χ3n) is 1.88. The average Bonchev–Trinajstić information content (AvgIpc) is 2.25. The lowest BCUT2D eigenvalue weighted by Gasteiger charge is -2.10. The first kappa shape index (κ1) is 11.0. The molecule has 0 aliphatic heterocycles. The molecule has 0 bridgehead atoms. The molecule has 0 saturated heterocycles. The Labute approximate surface area is 84.0 Å². The minimum Gasteiger partial charge on any atom is -0.491 e. The van der Waals surface area contributed by atoms with Crippen LogP contribution in [0.3, 0.4) is 0 Å². The van der Waals surface area contributed by atoms with Gasteiger partial charge in [-0.2, -0.15) is 0 Å². The summed E-state index contributed by atoms with van der Waals surface area (Å²) in [5, 5.41) is 18.1. The van der Waals surface area contributed by atoms with Crippen LogP contribution in [0.15, 0.2) is 24.3 Å². The molecule has 0 heterocycles. The Balaban J connectivity index is 2.68. The van der Waals surface area contributed by atoms with Crippen LogP contribution in [-0.4, -0.2) is 23.4 Å². The van der Waals surface area contributed by atoms with Crippen LogP contribution in [0, 0.1) is 6.42 Å². The lowest BCUT2D eigenvalue weighted by Crippen LogP contribution is -2.02. The van der Waals surface area contributed by atoms with Crippen LogP contribution in [0.1, 0.15) is 18.6 Å². The zero-order chi connectivity index (χ0) is 10.4. The largest absolute Gasteiger partial charge is 0.491 e. The smallest absolute Gasteiger partial charge is 0.119 e. The van der Waals surface area contributed by atoms with E-state index < -0.39 is 6.10 Å². The van der Waals surface area contributed by atoms with Gasteiger partial charge >= 0.3 is 0 Å². The number of rotatable bonds is 5. The summed E-state index contributed by atoms with van der Waals surface area (Å²) in [6.07, 6.45) is 1.14. The molecule has 1 aromatic rings. The fraction of sp³-hybridized carbons (Fsp3) is 0.364. The maximum absolute atomic E-state index is 9.52. The highest BCUT2D eigenvalue weighted by molar-refractivity contribution is 5.30. The standard InChI is InChI=1S/C11H15O3/c1-2-11(13)9-4-3-5-10(8-9)14-7-6-12/h2-5,8,11-13H,6-7H2,1H3. The van der Waals surface area contributed by atoms with Gasteiger partial charge < -0.3 is 14.9 Å². The molecule has 14 heavy (non-hydrogen) atoms. The predicted molar refractivity (Wildman–Crippen MR) is 54.0 cm³/mol. The first-order valence-electron chi connectivity index (χ1n) is 4.59. The van der Waals surface area contributed by atoms with Crippen molar-refractivity contribution in [3.8, 4) is 5.75 Å². The summed E-state index contributed by atoms with van der Waals surface area (Å²) in [4.78, 5) is 0. The van der Waals surface area contributed by atoms with Gasteiger partial charge in [0.2, 0.25) is 0 Å². The Morgan fingerprint density at radius 3 is 2.93 bits per heavy atom. The second kappa shape index (κ2) is 5.62. The Bertz CT molecular complexity index is 273. The normalized spacial score (nSPS) is 12.5. The van der Waals surface area contributed by atoms with Crippen molar-refractivity contribution in [2.45, 2.75) is 13.0 Å². The van der Waals surface area contributed by atoms with E-state index in [2.05, 4.69) is 0 Å². The van der Waals surface area contributed by atoms with Crippen LogP contribution in [0.25, 0.3) is 0 Å². The summed E-state index contributed by atoms with van der Waals surface area (Å²) in [6.45, 7) is 2.06. The summed E-state index contributed by atoms with van der Waals surface area (Å²) < 4.78 is 5.22. The van der Waals surface area contributed by atoms with Crippen molar-refractivity contribution in [2.75, 3.05) is 13.2 Å². The molecule has 77 valence electrons. The van der Waals surface area contributed by atoms with E-state index in [1.54, 1.807) is 25.5 Å².